The van der Waals surface area contributed by atoms with E-state index in [0.717, 1.165) is 16.2 Å². The number of Topliss-reactive ketones (excluding diaryl/α,β-unsaturated/α-hetero) is 1. The van der Waals surface area contributed by atoms with Crippen LogP contribution in [0, 0.1) is 0 Å². The summed E-state index contributed by atoms with van der Waals surface area (Å²) < 4.78 is 5.53. The van der Waals surface area contributed by atoms with E-state index in [4.69, 9.17) is 27.9 Å². The predicted octanol–water partition coefficient (Wildman–Crippen LogP) is 4.83. The second-order valence-corrected chi connectivity index (χ2v) is 6.69. The standard InChI is InChI=1S/C16H12Cl2O2S/c17-10-1-4-12(5-2-10)20-8-15(19)14-9-21-16-6-3-11(18)7-13(14)16/h1-7,14H,8-9H2/t14-/m1/s1. The van der Waals surface area contributed by atoms with Crippen LogP contribution >= 0.6 is 35.0 Å². The van der Waals surface area contributed by atoms with Crippen LogP contribution in [-0.4, -0.2) is 18.1 Å². The molecule has 1 aliphatic rings. The van der Waals surface area contributed by atoms with Gasteiger partial charge < -0.3 is 4.74 Å². The molecule has 0 aliphatic carbocycles. The van der Waals surface area contributed by atoms with Crippen LogP contribution in [0.15, 0.2) is 47.4 Å². The van der Waals surface area contributed by atoms with Crippen LogP contribution in [0.25, 0.3) is 0 Å². The molecule has 0 amide bonds. The Morgan fingerprint density at radius 1 is 1.14 bits per heavy atom. The molecule has 0 spiro atoms. The number of ketones is 1. The van der Waals surface area contributed by atoms with Gasteiger partial charge in [-0.25, -0.2) is 0 Å². The van der Waals surface area contributed by atoms with Crippen molar-refractivity contribution in [3.63, 3.8) is 0 Å². The average molecular weight is 339 g/mol. The second kappa shape index (κ2) is 6.30. The van der Waals surface area contributed by atoms with Crippen LogP contribution in [0.2, 0.25) is 10.0 Å². The average Bonchev–Trinajstić information content (AvgIpc) is 2.89. The molecule has 1 aliphatic heterocycles. The summed E-state index contributed by atoms with van der Waals surface area (Å²) in [5, 5.41) is 1.30. The third-order valence-electron chi connectivity index (χ3n) is 3.34. The molecule has 2 nitrogen and oxygen atoms in total. The fourth-order valence-corrected chi connectivity index (χ4v) is 3.79. The zero-order valence-electron chi connectivity index (χ0n) is 11.0. The number of benzene rings is 2. The quantitative estimate of drug-likeness (QED) is 0.798. The molecular weight excluding hydrogens is 327 g/mol. The molecule has 2 aromatic carbocycles. The minimum atomic E-state index is -0.143. The first kappa shape index (κ1) is 14.8. The minimum Gasteiger partial charge on any atom is -0.486 e. The van der Waals surface area contributed by atoms with E-state index in [2.05, 4.69) is 0 Å². The van der Waals surface area contributed by atoms with Gasteiger partial charge in [-0.05, 0) is 48.0 Å². The molecule has 0 saturated carbocycles. The number of halogens is 2. The van der Waals surface area contributed by atoms with Crippen LogP contribution in [-0.2, 0) is 4.79 Å². The summed E-state index contributed by atoms with van der Waals surface area (Å²) >= 11 is 13.5. The van der Waals surface area contributed by atoms with Crippen molar-refractivity contribution in [2.45, 2.75) is 10.8 Å². The number of rotatable bonds is 4. The molecule has 0 bridgehead atoms. The zero-order chi connectivity index (χ0) is 14.8. The van der Waals surface area contributed by atoms with Crippen molar-refractivity contribution in [1.82, 2.24) is 0 Å². The first-order chi connectivity index (χ1) is 10.1. The second-order valence-electron chi connectivity index (χ2n) is 4.75. The number of thioether (sulfide) groups is 1. The molecule has 0 unspecified atom stereocenters. The minimum absolute atomic E-state index is 0.0544. The summed E-state index contributed by atoms with van der Waals surface area (Å²) in [6.45, 7) is 0.0544. The van der Waals surface area contributed by atoms with Gasteiger partial charge in [0.05, 0.1) is 5.92 Å². The molecule has 1 heterocycles. The summed E-state index contributed by atoms with van der Waals surface area (Å²) in [7, 11) is 0. The highest BCUT2D eigenvalue weighted by Crippen LogP contribution is 2.41. The van der Waals surface area contributed by atoms with E-state index in [-0.39, 0.29) is 18.3 Å². The van der Waals surface area contributed by atoms with Crippen LogP contribution in [0.3, 0.4) is 0 Å². The number of hydrogen-bond acceptors (Lipinski definition) is 3. The van der Waals surface area contributed by atoms with Gasteiger partial charge in [0.15, 0.2) is 5.78 Å². The van der Waals surface area contributed by atoms with Gasteiger partial charge in [0.1, 0.15) is 12.4 Å². The largest absolute Gasteiger partial charge is 0.486 e. The fraction of sp³-hybridized carbons (Fsp3) is 0.188. The Morgan fingerprint density at radius 2 is 1.86 bits per heavy atom. The molecular formula is C16H12Cl2O2S. The smallest absolute Gasteiger partial charge is 0.178 e. The van der Waals surface area contributed by atoms with Gasteiger partial charge >= 0.3 is 0 Å². The molecule has 0 aromatic heterocycles. The summed E-state index contributed by atoms with van der Waals surface area (Å²) in [6.07, 6.45) is 0. The number of carbonyl (C=O) groups excluding carboxylic acids is 1. The van der Waals surface area contributed by atoms with E-state index in [1.807, 2.05) is 18.2 Å². The molecule has 5 heteroatoms. The normalized spacial score (nSPS) is 16.6. The maximum absolute atomic E-state index is 12.4. The third-order valence-corrected chi connectivity index (χ3v) is 5.01. The van der Waals surface area contributed by atoms with Gasteiger partial charge in [0.25, 0.3) is 0 Å². The fourth-order valence-electron chi connectivity index (χ4n) is 2.24. The lowest BCUT2D eigenvalue weighted by Gasteiger charge is -2.11. The van der Waals surface area contributed by atoms with E-state index in [0.29, 0.717) is 15.8 Å². The topological polar surface area (TPSA) is 26.3 Å². The Hall–Kier alpha value is -1.16. The lowest BCUT2D eigenvalue weighted by molar-refractivity contribution is -0.122. The summed E-state index contributed by atoms with van der Waals surface area (Å²) in [4.78, 5) is 13.5. The van der Waals surface area contributed by atoms with E-state index in [1.165, 1.54) is 0 Å². The highest BCUT2D eigenvalue weighted by atomic mass is 35.5. The molecule has 0 radical (unpaired) electrons. The highest BCUT2D eigenvalue weighted by molar-refractivity contribution is 7.99. The zero-order valence-corrected chi connectivity index (χ0v) is 13.3. The van der Waals surface area contributed by atoms with Gasteiger partial charge in [0.2, 0.25) is 0 Å². The van der Waals surface area contributed by atoms with Crippen LogP contribution < -0.4 is 4.74 Å². The summed E-state index contributed by atoms with van der Waals surface area (Å²) in [5.74, 6) is 1.32. The van der Waals surface area contributed by atoms with E-state index in [1.54, 1.807) is 36.0 Å². The van der Waals surface area contributed by atoms with Crippen LogP contribution in [0.1, 0.15) is 11.5 Å². The van der Waals surface area contributed by atoms with Crippen molar-refractivity contribution in [2.24, 2.45) is 0 Å². The van der Waals surface area contributed by atoms with Crippen molar-refractivity contribution < 1.29 is 9.53 Å². The molecule has 1 atom stereocenters. The number of fused-ring (bicyclic) bond motifs is 1. The van der Waals surface area contributed by atoms with Crippen molar-refractivity contribution in [2.75, 3.05) is 12.4 Å². The molecule has 0 N–H and O–H groups in total. The van der Waals surface area contributed by atoms with E-state index >= 15 is 0 Å². The van der Waals surface area contributed by atoms with Crippen molar-refractivity contribution in [3.05, 3.63) is 58.1 Å². The van der Waals surface area contributed by atoms with E-state index in [9.17, 15) is 4.79 Å². The lowest BCUT2D eigenvalue weighted by atomic mass is 9.97. The number of ether oxygens (including phenoxy) is 1. The van der Waals surface area contributed by atoms with E-state index < -0.39 is 0 Å². The summed E-state index contributed by atoms with van der Waals surface area (Å²) in [5.41, 5.74) is 1.01. The molecule has 108 valence electrons. The van der Waals surface area contributed by atoms with Gasteiger partial charge in [-0.1, -0.05) is 23.2 Å². The Kier molecular flexibility index (Phi) is 4.43. The number of hydrogen-bond donors (Lipinski definition) is 0. The third kappa shape index (κ3) is 3.37. The van der Waals surface area contributed by atoms with Gasteiger partial charge in [-0.3, -0.25) is 4.79 Å². The molecule has 21 heavy (non-hydrogen) atoms. The Labute approximate surface area is 137 Å². The Balaban J connectivity index is 1.67. The summed E-state index contributed by atoms with van der Waals surface area (Å²) in [6, 6.07) is 12.7. The predicted molar refractivity (Wildman–Crippen MR) is 86.9 cm³/mol. The maximum Gasteiger partial charge on any atom is 0.178 e. The maximum atomic E-state index is 12.4. The number of carbonyl (C=O) groups is 1. The highest BCUT2D eigenvalue weighted by Gasteiger charge is 2.29. The van der Waals surface area contributed by atoms with Gasteiger partial charge in [-0.2, -0.15) is 0 Å². The molecule has 3 rings (SSSR count). The first-order valence-electron chi connectivity index (χ1n) is 6.47. The van der Waals surface area contributed by atoms with Crippen molar-refractivity contribution >= 4 is 40.7 Å². The van der Waals surface area contributed by atoms with Crippen LogP contribution in [0.5, 0.6) is 5.75 Å². The van der Waals surface area contributed by atoms with Gasteiger partial charge in [0, 0.05) is 20.7 Å². The van der Waals surface area contributed by atoms with Crippen molar-refractivity contribution in [1.29, 1.82) is 0 Å². The van der Waals surface area contributed by atoms with Crippen molar-refractivity contribution in [3.8, 4) is 5.75 Å². The van der Waals surface area contributed by atoms with Gasteiger partial charge in [-0.15, -0.1) is 11.8 Å². The first-order valence-corrected chi connectivity index (χ1v) is 8.21. The molecule has 0 saturated heterocycles. The lowest BCUT2D eigenvalue weighted by Crippen LogP contribution is -2.20. The Bertz CT molecular complexity index is 670. The molecule has 2 aromatic rings. The Morgan fingerprint density at radius 3 is 2.62 bits per heavy atom. The molecule has 0 fully saturated rings. The van der Waals surface area contributed by atoms with Crippen LogP contribution in [0.4, 0.5) is 0 Å². The SMILES string of the molecule is O=C(COc1ccc(Cl)cc1)[C@@H]1CSc2ccc(Cl)cc21. The monoisotopic (exact) mass is 338 g/mol.